The van der Waals surface area contributed by atoms with Gasteiger partial charge in [0.15, 0.2) is 0 Å². The minimum atomic E-state index is -0.331. The summed E-state index contributed by atoms with van der Waals surface area (Å²) in [4.78, 5) is 26.2. The molecule has 1 amide bonds. The Bertz CT molecular complexity index is 1240. The molecule has 3 heterocycles. The van der Waals surface area contributed by atoms with Crippen LogP contribution in [0.5, 0.6) is 5.88 Å². The van der Waals surface area contributed by atoms with E-state index in [-0.39, 0.29) is 30.6 Å². The average Bonchev–Trinajstić information content (AvgIpc) is 2.91. The minimum absolute atomic E-state index is 0.0228. The van der Waals surface area contributed by atoms with E-state index < -0.39 is 0 Å². The van der Waals surface area contributed by atoms with E-state index in [1.807, 2.05) is 62.6 Å². The number of pyridine rings is 2. The number of rotatable bonds is 7. The van der Waals surface area contributed by atoms with Crippen molar-refractivity contribution in [2.45, 2.75) is 39.0 Å². The van der Waals surface area contributed by atoms with Crippen molar-refractivity contribution in [1.82, 2.24) is 19.8 Å². The molecule has 0 radical (unpaired) electrons. The lowest BCUT2D eigenvalue weighted by Gasteiger charge is -2.37. The molecule has 1 aromatic carbocycles. The van der Waals surface area contributed by atoms with Crippen molar-refractivity contribution in [3.63, 3.8) is 0 Å². The van der Waals surface area contributed by atoms with Gasteiger partial charge in [-0.3, -0.25) is 14.7 Å². The Morgan fingerprint density at radius 1 is 1.19 bits per heavy atom. The summed E-state index contributed by atoms with van der Waals surface area (Å²) in [5, 5.41) is 9.88. The molecule has 3 atom stereocenters. The van der Waals surface area contributed by atoms with Crippen LogP contribution in [0.1, 0.15) is 40.9 Å². The number of ether oxygens (including phenoxy) is 1. The number of amides is 1. The van der Waals surface area contributed by atoms with Crippen LogP contribution in [0.3, 0.4) is 0 Å². The number of benzene rings is 1. The van der Waals surface area contributed by atoms with Crippen molar-refractivity contribution in [2.75, 3.05) is 26.7 Å². The van der Waals surface area contributed by atoms with Gasteiger partial charge in [-0.05, 0) is 37.2 Å². The normalized spacial score (nSPS) is 18.2. The molecule has 0 saturated carbocycles. The maximum Gasteiger partial charge on any atom is 0.259 e. The lowest BCUT2D eigenvalue weighted by atomic mass is 9.99. The number of aromatic nitrogens is 2. The lowest BCUT2D eigenvalue weighted by Crippen LogP contribution is -2.49. The van der Waals surface area contributed by atoms with E-state index in [4.69, 9.17) is 4.74 Å². The van der Waals surface area contributed by atoms with E-state index in [0.717, 1.165) is 17.7 Å². The smallest absolute Gasteiger partial charge is 0.259 e. The first-order chi connectivity index (χ1) is 17.9. The molecule has 4 rings (SSSR count). The number of nitrogens with zero attached hydrogens (tertiary/aromatic N) is 4. The van der Waals surface area contributed by atoms with Gasteiger partial charge in [-0.2, -0.15) is 0 Å². The van der Waals surface area contributed by atoms with Crippen LogP contribution in [0.2, 0.25) is 0 Å². The zero-order valence-electron chi connectivity index (χ0n) is 21.7. The monoisotopic (exact) mass is 498 g/mol. The summed E-state index contributed by atoms with van der Waals surface area (Å²) in [5.41, 5.74) is 3.27. The molecule has 2 aromatic heterocycles. The van der Waals surface area contributed by atoms with Gasteiger partial charge >= 0.3 is 0 Å². The summed E-state index contributed by atoms with van der Waals surface area (Å²) in [7, 11) is 2.04. The summed E-state index contributed by atoms with van der Waals surface area (Å²) in [5.74, 6) is 6.43. The molecule has 0 saturated heterocycles. The number of hydrogen-bond acceptors (Lipinski definition) is 6. The van der Waals surface area contributed by atoms with Gasteiger partial charge in [0.25, 0.3) is 5.91 Å². The van der Waals surface area contributed by atoms with E-state index in [0.29, 0.717) is 36.5 Å². The first-order valence-corrected chi connectivity index (χ1v) is 12.6. The second kappa shape index (κ2) is 12.5. The molecular weight excluding hydrogens is 464 g/mol. The number of aliphatic hydroxyl groups excluding tert-OH is 1. The molecular formula is C30H34N4O3. The van der Waals surface area contributed by atoms with Crippen molar-refractivity contribution >= 4 is 5.91 Å². The fraction of sp³-hybridized carbons (Fsp3) is 0.367. The number of fused-ring (bicyclic) bond motifs is 1. The zero-order valence-corrected chi connectivity index (χ0v) is 21.7. The molecule has 0 aliphatic carbocycles. The van der Waals surface area contributed by atoms with Crippen molar-refractivity contribution in [2.24, 2.45) is 5.92 Å². The van der Waals surface area contributed by atoms with Crippen molar-refractivity contribution in [3.05, 3.63) is 89.4 Å². The number of carbonyl (C=O) groups excluding carboxylic acids is 1. The van der Waals surface area contributed by atoms with Gasteiger partial charge < -0.3 is 14.7 Å². The Labute approximate surface area is 219 Å². The van der Waals surface area contributed by atoms with Crippen LogP contribution in [0.4, 0.5) is 0 Å². The summed E-state index contributed by atoms with van der Waals surface area (Å²) in [6.07, 6.45) is 5.69. The maximum absolute atomic E-state index is 13.6. The second-order valence-electron chi connectivity index (χ2n) is 9.72. The molecule has 1 aliphatic heterocycles. The first-order valence-electron chi connectivity index (χ1n) is 12.6. The number of carbonyl (C=O) groups is 1. The predicted octanol–water partition coefficient (Wildman–Crippen LogP) is 3.42. The Morgan fingerprint density at radius 3 is 2.70 bits per heavy atom. The van der Waals surface area contributed by atoms with Crippen LogP contribution < -0.4 is 4.74 Å². The molecule has 7 heteroatoms. The Kier molecular flexibility index (Phi) is 8.89. The Morgan fingerprint density at radius 2 is 1.97 bits per heavy atom. The largest absolute Gasteiger partial charge is 0.472 e. The van der Waals surface area contributed by atoms with Crippen LogP contribution in [-0.2, 0) is 13.0 Å². The highest BCUT2D eigenvalue weighted by Gasteiger charge is 2.34. The van der Waals surface area contributed by atoms with Gasteiger partial charge in [0.2, 0.25) is 5.88 Å². The first kappa shape index (κ1) is 26.3. The molecule has 0 spiro atoms. The van der Waals surface area contributed by atoms with Crippen LogP contribution in [0.25, 0.3) is 0 Å². The third-order valence-electron chi connectivity index (χ3n) is 6.56. The highest BCUT2D eigenvalue weighted by molar-refractivity contribution is 5.97. The molecule has 192 valence electrons. The van der Waals surface area contributed by atoms with Crippen LogP contribution in [-0.4, -0.2) is 69.7 Å². The van der Waals surface area contributed by atoms with Crippen LogP contribution >= 0.6 is 0 Å². The summed E-state index contributed by atoms with van der Waals surface area (Å²) in [6, 6.07) is 15.4. The Hall–Kier alpha value is -3.73. The summed E-state index contributed by atoms with van der Waals surface area (Å²) >= 11 is 0. The molecule has 1 N–H and O–H groups in total. The Balaban J connectivity index is 1.59. The van der Waals surface area contributed by atoms with E-state index in [2.05, 4.69) is 33.6 Å². The van der Waals surface area contributed by atoms with Gasteiger partial charge in [-0.1, -0.05) is 55.2 Å². The second-order valence-corrected chi connectivity index (χ2v) is 9.72. The van der Waals surface area contributed by atoms with E-state index in [9.17, 15) is 9.90 Å². The summed E-state index contributed by atoms with van der Waals surface area (Å²) in [6.45, 7) is 5.64. The van der Waals surface area contributed by atoms with Gasteiger partial charge in [0, 0.05) is 56.1 Å². The highest BCUT2D eigenvalue weighted by Crippen LogP contribution is 2.27. The van der Waals surface area contributed by atoms with Gasteiger partial charge in [0.1, 0.15) is 11.7 Å². The fourth-order valence-electron chi connectivity index (χ4n) is 4.41. The molecule has 7 nitrogen and oxygen atoms in total. The van der Waals surface area contributed by atoms with Crippen molar-refractivity contribution in [1.29, 1.82) is 0 Å². The molecule has 0 bridgehead atoms. The van der Waals surface area contributed by atoms with E-state index >= 15 is 0 Å². The average molecular weight is 499 g/mol. The standard InChI is InChI=1S/C30H34N4O3/c1-22-18-34(23(2)21-35)30(36)27-15-25(12-7-11-24-9-5-4-6-10-24)17-32-29(27)37-28(22)20-33(3)19-26-13-8-14-31-16-26/h4-6,8-10,13-17,22-23,28,35H,11,18-21H2,1-3H3/t22-,23+,28-/m1/s1. The van der Waals surface area contributed by atoms with Crippen LogP contribution in [0, 0.1) is 17.8 Å². The summed E-state index contributed by atoms with van der Waals surface area (Å²) < 4.78 is 6.39. The highest BCUT2D eigenvalue weighted by atomic mass is 16.5. The third kappa shape index (κ3) is 6.94. The number of hydrogen-bond donors (Lipinski definition) is 1. The molecule has 0 unspecified atom stereocenters. The fourth-order valence-corrected chi connectivity index (χ4v) is 4.41. The van der Waals surface area contributed by atoms with Crippen LogP contribution in [0.15, 0.2) is 67.1 Å². The van der Waals surface area contributed by atoms with Gasteiger partial charge in [0.05, 0.1) is 12.6 Å². The molecule has 0 fully saturated rings. The third-order valence-corrected chi connectivity index (χ3v) is 6.56. The molecule has 3 aromatic rings. The van der Waals surface area contributed by atoms with Gasteiger partial charge in [-0.15, -0.1) is 0 Å². The quantitative estimate of drug-likeness (QED) is 0.503. The molecule has 37 heavy (non-hydrogen) atoms. The van der Waals surface area contributed by atoms with Crippen molar-refractivity contribution in [3.8, 4) is 17.7 Å². The van der Waals surface area contributed by atoms with E-state index in [1.165, 1.54) is 0 Å². The SMILES string of the molecule is C[C@@H]1CN([C@@H](C)CO)C(=O)c2cc(C#CCc3ccccc3)cnc2O[C@@H]1CN(C)Cc1cccnc1. The number of likely N-dealkylation sites (N-methyl/N-ethyl adjacent to an activating group) is 1. The number of aliphatic hydroxyl groups is 1. The predicted molar refractivity (Wildman–Crippen MR) is 143 cm³/mol. The maximum atomic E-state index is 13.6. The van der Waals surface area contributed by atoms with Gasteiger partial charge in [-0.25, -0.2) is 4.98 Å². The van der Waals surface area contributed by atoms with Crippen molar-refractivity contribution < 1.29 is 14.6 Å². The molecule has 1 aliphatic rings. The lowest BCUT2D eigenvalue weighted by molar-refractivity contribution is 0.0325. The minimum Gasteiger partial charge on any atom is -0.472 e. The van der Waals surface area contributed by atoms with E-state index in [1.54, 1.807) is 23.4 Å². The zero-order chi connectivity index (χ0) is 26.2. The topological polar surface area (TPSA) is 78.8 Å².